The van der Waals surface area contributed by atoms with Gasteiger partial charge in [0.1, 0.15) is 6.10 Å². The lowest BCUT2D eigenvalue weighted by molar-refractivity contribution is -0.154. The summed E-state index contributed by atoms with van der Waals surface area (Å²) in [6.07, 6.45) is 41.2. The Morgan fingerprint density at radius 2 is 1.08 bits per heavy atom. The van der Waals surface area contributed by atoms with E-state index in [1.165, 1.54) is 122 Å². The maximum atomic E-state index is 12.3. The van der Waals surface area contributed by atoms with Crippen LogP contribution in [0.15, 0.2) is 24.3 Å². The van der Waals surface area contributed by atoms with Crippen molar-refractivity contribution in [1.82, 2.24) is 0 Å². The van der Waals surface area contributed by atoms with Gasteiger partial charge in [0.15, 0.2) is 0 Å². The second-order valence-electron chi connectivity index (χ2n) is 13.5. The molecule has 0 amide bonds. The number of hydrogen-bond donors (Lipinski definition) is 2. The molecule has 0 aromatic heterocycles. The second-order valence-corrected chi connectivity index (χ2v) is 15.0. The van der Waals surface area contributed by atoms with Gasteiger partial charge in [0.2, 0.25) is 0 Å². The van der Waals surface area contributed by atoms with Crippen LogP contribution in [0.4, 0.5) is 0 Å². The van der Waals surface area contributed by atoms with Gasteiger partial charge in [0.05, 0.1) is 19.8 Å². The maximum Gasteiger partial charge on any atom is 0.472 e. The zero-order valence-corrected chi connectivity index (χ0v) is 32.8. The monoisotopic (exact) mass is 716 g/mol. The van der Waals surface area contributed by atoms with Crippen molar-refractivity contribution in [3.8, 4) is 0 Å². The second kappa shape index (κ2) is 38.2. The number of allylic oxidation sites excluding steroid dienone is 4. The van der Waals surface area contributed by atoms with Crippen LogP contribution in [0.25, 0.3) is 0 Å². The summed E-state index contributed by atoms with van der Waals surface area (Å²) in [5.41, 5.74) is 5.32. The molecule has 0 aromatic rings. The van der Waals surface area contributed by atoms with Crippen LogP contribution in [0.2, 0.25) is 0 Å². The highest BCUT2D eigenvalue weighted by Gasteiger charge is 2.25. The quantitative estimate of drug-likeness (QED) is 0.0279. The number of hydrogen-bond acceptors (Lipinski definition) is 7. The lowest BCUT2D eigenvalue weighted by Crippen LogP contribution is -2.28. The molecule has 0 saturated carbocycles. The van der Waals surface area contributed by atoms with E-state index in [2.05, 4.69) is 38.2 Å². The summed E-state index contributed by atoms with van der Waals surface area (Å²) in [6.45, 7) is 4.80. The van der Waals surface area contributed by atoms with E-state index in [9.17, 15) is 14.3 Å². The molecule has 290 valence electrons. The van der Waals surface area contributed by atoms with Crippen molar-refractivity contribution >= 4 is 13.8 Å². The fourth-order valence-electron chi connectivity index (χ4n) is 5.61. The number of nitrogens with two attached hydrogens (primary N) is 1. The van der Waals surface area contributed by atoms with Gasteiger partial charge in [0.25, 0.3) is 0 Å². The molecule has 0 bridgehead atoms. The Morgan fingerprint density at radius 1 is 0.612 bits per heavy atom. The fraction of sp³-hybridized carbons (Fsp3) is 0.875. The van der Waals surface area contributed by atoms with E-state index in [0.29, 0.717) is 13.0 Å². The molecule has 0 spiro atoms. The first kappa shape index (κ1) is 48.0. The number of ether oxygens (including phenoxy) is 2. The molecule has 0 aromatic carbocycles. The molecule has 3 N–H and O–H groups in total. The van der Waals surface area contributed by atoms with Crippen molar-refractivity contribution in [2.24, 2.45) is 5.73 Å². The van der Waals surface area contributed by atoms with Crippen molar-refractivity contribution in [3.63, 3.8) is 0 Å². The lowest BCUT2D eigenvalue weighted by atomic mass is 10.0. The summed E-state index contributed by atoms with van der Waals surface area (Å²) in [7, 11) is -4.25. The Balaban J connectivity index is 3.70. The van der Waals surface area contributed by atoms with Crippen LogP contribution in [0, 0.1) is 0 Å². The first-order chi connectivity index (χ1) is 23.9. The molecule has 49 heavy (non-hydrogen) atoms. The molecule has 0 saturated heterocycles. The third-order valence-electron chi connectivity index (χ3n) is 8.62. The van der Waals surface area contributed by atoms with Crippen molar-refractivity contribution < 1.29 is 32.8 Å². The predicted octanol–water partition coefficient (Wildman–Crippen LogP) is 11.7. The third kappa shape index (κ3) is 38.1. The largest absolute Gasteiger partial charge is 0.472 e. The molecule has 0 aliphatic rings. The zero-order valence-electron chi connectivity index (χ0n) is 31.9. The van der Waals surface area contributed by atoms with Crippen LogP contribution in [0.5, 0.6) is 0 Å². The summed E-state index contributed by atoms with van der Waals surface area (Å²) in [6, 6.07) is 0. The molecule has 0 fully saturated rings. The van der Waals surface area contributed by atoms with Crippen LogP contribution in [-0.2, 0) is 27.9 Å². The summed E-state index contributed by atoms with van der Waals surface area (Å²) in [4.78, 5) is 22.0. The van der Waals surface area contributed by atoms with Gasteiger partial charge < -0.3 is 20.1 Å². The Morgan fingerprint density at radius 3 is 1.59 bits per heavy atom. The first-order valence-electron chi connectivity index (χ1n) is 20.3. The van der Waals surface area contributed by atoms with Crippen LogP contribution >= 0.6 is 7.82 Å². The number of carbonyl (C=O) groups excluding carboxylic acids is 1. The van der Waals surface area contributed by atoms with Gasteiger partial charge in [-0.2, -0.15) is 0 Å². The minimum atomic E-state index is -4.25. The molecule has 2 atom stereocenters. The maximum absolute atomic E-state index is 12.3. The molecule has 0 rings (SSSR count). The summed E-state index contributed by atoms with van der Waals surface area (Å²) >= 11 is 0. The number of esters is 1. The van der Waals surface area contributed by atoms with Gasteiger partial charge >= 0.3 is 13.8 Å². The number of unbranched alkanes of at least 4 members (excludes halogenated alkanes) is 22. The molecular weight excluding hydrogens is 637 g/mol. The normalized spacial score (nSPS) is 13.8. The SMILES string of the molecule is CCCCCCC/C=C\C/C=C\CCCCCCCCCCCCCCCCOCC(COP(=O)(O)OCCN)OC(=O)CCCCCC. The van der Waals surface area contributed by atoms with Crippen molar-refractivity contribution in [3.05, 3.63) is 24.3 Å². The summed E-state index contributed by atoms with van der Waals surface area (Å²) < 4.78 is 33.0. The van der Waals surface area contributed by atoms with Gasteiger partial charge in [-0.3, -0.25) is 13.8 Å². The molecule has 0 heterocycles. The standard InChI is InChI=1S/C40H78NO7P/c1-3-5-7-9-10-11-12-13-14-15-16-17-18-19-20-21-22-23-24-25-26-27-28-29-30-32-35-45-37-39(38-47-49(43,44)46-36-34-41)48-40(42)33-31-8-6-4-2/h12-13,15-16,39H,3-11,14,17-38,41H2,1-2H3,(H,43,44)/b13-12-,16-15-. The van der Waals surface area contributed by atoms with Gasteiger partial charge in [-0.1, -0.05) is 160 Å². The van der Waals surface area contributed by atoms with E-state index in [4.69, 9.17) is 24.3 Å². The van der Waals surface area contributed by atoms with Crippen molar-refractivity contribution in [2.45, 2.75) is 193 Å². The lowest BCUT2D eigenvalue weighted by Gasteiger charge is -2.20. The molecule has 8 nitrogen and oxygen atoms in total. The molecule has 0 aliphatic carbocycles. The third-order valence-corrected chi connectivity index (χ3v) is 9.61. The van der Waals surface area contributed by atoms with Gasteiger partial charge in [0, 0.05) is 19.6 Å². The van der Waals surface area contributed by atoms with E-state index < -0.39 is 13.9 Å². The topological polar surface area (TPSA) is 117 Å². The van der Waals surface area contributed by atoms with Crippen molar-refractivity contribution in [1.29, 1.82) is 0 Å². The van der Waals surface area contributed by atoms with Crippen LogP contribution in [0.1, 0.15) is 187 Å². The Labute approximate surface area is 302 Å². The molecular formula is C40H78NO7P. The van der Waals surface area contributed by atoms with Gasteiger partial charge in [-0.25, -0.2) is 4.57 Å². The van der Waals surface area contributed by atoms with Crippen LogP contribution in [-0.4, -0.2) is 49.9 Å². The molecule has 0 radical (unpaired) electrons. The van der Waals surface area contributed by atoms with Gasteiger partial charge in [-0.05, 0) is 44.9 Å². The highest BCUT2D eigenvalue weighted by molar-refractivity contribution is 7.47. The number of phosphoric ester groups is 1. The minimum Gasteiger partial charge on any atom is -0.457 e. The number of phosphoric acid groups is 1. The Hall–Kier alpha value is -1.02. The van der Waals surface area contributed by atoms with Crippen LogP contribution in [0.3, 0.4) is 0 Å². The summed E-state index contributed by atoms with van der Waals surface area (Å²) in [5.74, 6) is -0.347. The smallest absolute Gasteiger partial charge is 0.457 e. The average molecular weight is 716 g/mol. The molecule has 9 heteroatoms. The van der Waals surface area contributed by atoms with E-state index >= 15 is 0 Å². The predicted molar refractivity (Wildman–Crippen MR) is 206 cm³/mol. The van der Waals surface area contributed by atoms with E-state index in [0.717, 1.165) is 44.9 Å². The summed E-state index contributed by atoms with van der Waals surface area (Å²) in [5, 5.41) is 0. The van der Waals surface area contributed by atoms with Gasteiger partial charge in [-0.15, -0.1) is 0 Å². The first-order valence-corrected chi connectivity index (χ1v) is 21.8. The van der Waals surface area contributed by atoms with E-state index in [-0.39, 0.29) is 32.3 Å². The molecule has 2 unspecified atom stereocenters. The number of carbonyl (C=O) groups is 1. The highest BCUT2D eigenvalue weighted by atomic mass is 31.2. The zero-order chi connectivity index (χ0) is 35.9. The highest BCUT2D eigenvalue weighted by Crippen LogP contribution is 2.43. The van der Waals surface area contributed by atoms with Crippen molar-refractivity contribution in [2.75, 3.05) is 33.0 Å². The Bertz CT molecular complexity index is 807. The Kier molecular flexibility index (Phi) is 37.4. The average Bonchev–Trinajstić information content (AvgIpc) is 3.09. The van der Waals surface area contributed by atoms with Crippen LogP contribution < -0.4 is 5.73 Å². The fourth-order valence-corrected chi connectivity index (χ4v) is 6.38. The van der Waals surface area contributed by atoms with E-state index in [1.807, 2.05) is 0 Å². The molecule has 0 aliphatic heterocycles. The van der Waals surface area contributed by atoms with E-state index in [1.54, 1.807) is 0 Å². The number of rotatable bonds is 39. The minimum absolute atomic E-state index is 0.0943.